The molecule has 4 saturated carbocycles. The zero-order chi connectivity index (χ0) is 20.8. The van der Waals surface area contributed by atoms with E-state index in [1.807, 2.05) is 0 Å². The van der Waals surface area contributed by atoms with Crippen LogP contribution in [0.4, 0.5) is 0 Å². The summed E-state index contributed by atoms with van der Waals surface area (Å²) in [6.45, 7) is 15.4. The Bertz CT molecular complexity index is 548. The van der Waals surface area contributed by atoms with Gasteiger partial charge in [-0.25, -0.2) is 0 Å². The third kappa shape index (κ3) is 3.75. The molecule has 0 radical (unpaired) electrons. The van der Waals surface area contributed by atoms with Gasteiger partial charge in [0.15, 0.2) is 0 Å². The topological polar surface area (TPSA) is 0 Å². The van der Waals surface area contributed by atoms with Crippen LogP contribution in [0, 0.1) is 58.2 Å². The van der Waals surface area contributed by atoms with Gasteiger partial charge in [-0.2, -0.15) is 0 Å². The lowest BCUT2D eigenvalue weighted by Gasteiger charge is -2.61. The van der Waals surface area contributed by atoms with Gasteiger partial charge >= 0.3 is 0 Å². The highest BCUT2D eigenvalue weighted by Crippen LogP contribution is 2.68. The summed E-state index contributed by atoms with van der Waals surface area (Å²) in [5, 5.41) is 0. The first-order chi connectivity index (χ1) is 13.8. The molecule has 0 aliphatic heterocycles. The minimum Gasteiger partial charge on any atom is -0.0651 e. The van der Waals surface area contributed by atoms with Crippen LogP contribution in [0.5, 0.6) is 0 Å². The van der Waals surface area contributed by atoms with Crippen molar-refractivity contribution in [2.75, 3.05) is 0 Å². The van der Waals surface area contributed by atoms with Gasteiger partial charge in [-0.05, 0) is 116 Å². The van der Waals surface area contributed by atoms with Crippen molar-refractivity contribution in [3.8, 4) is 0 Å². The van der Waals surface area contributed by atoms with Crippen LogP contribution in [-0.2, 0) is 0 Å². The quantitative estimate of drug-likeness (QED) is 0.417. The summed E-state index contributed by atoms with van der Waals surface area (Å²) >= 11 is 0. The van der Waals surface area contributed by atoms with Crippen molar-refractivity contribution in [1.82, 2.24) is 0 Å². The standard InChI is InChI=1S/C29H52/c1-7-22(20(2)3)12-11-21(4)25-15-16-26-24-14-13-23-10-8-9-18-28(23,5)27(24)17-19-29(25,26)6/h20-27H,7-19H2,1-6H3/t21-,22?,23?,24?,25?,26?,27?,28-,29-/m0/s1. The summed E-state index contributed by atoms with van der Waals surface area (Å²) in [4.78, 5) is 0. The smallest absolute Gasteiger partial charge is 0.0264 e. The largest absolute Gasteiger partial charge is 0.0651 e. The fraction of sp³-hybridized carbons (Fsp3) is 1.00. The van der Waals surface area contributed by atoms with Crippen molar-refractivity contribution in [1.29, 1.82) is 0 Å². The van der Waals surface area contributed by atoms with E-state index < -0.39 is 0 Å². The van der Waals surface area contributed by atoms with E-state index >= 15 is 0 Å². The summed E-state index contributed by atoms with van der Waals surface area (Å²) in [7, 11) is 0. The number of fused-ring (bicyclic) bond motifs is 5. The van der Waals surface area contributed by atoms with E-state index in [0.29, 0.717) is 10.8 Å². The number of hydrogen-bond donors (Lipinski definition) is 0. The van der Waals surface area contributed by atoms with Crippen molar-refractivity contribution >= 4 is 0 Å². The van der Waals surface area contributed by atoms with Crippen molar-refractivity contribution < 1.29 is 0 Å². The lowest BCUT2D eigenvalue weighted by Crippen LogP contribution is -2.53. The minimum atomic E-state index is 0.665. The predicted octanol–water partition coefficient (Wildman–Crippen LogP) is 9.13. The van der Waals surface area contributed by atoms with E-state index in [-0.39, 0.29) is 0 Å². The Morgan fingerprint density at radius 2 is 1.52 bits per heavy atom. The van der Waals surface area contributed by atoms with Gasteiger partial charge in [0, 0.05) is 0 Å². The molecule has 29 heavy (non-hydrogen) atoms. The molecule has 0 N–H and O–H groups in total. The van der Waals surface area contributed by atoms with Crippen molar-refractivity contribution in [2.24, 2.45) is 58.2 Å². The average Bonchev–Trinajstić information content (AvgIpc) is 3.05. The van der Waals surface area contributed by atoms with Crippen molar-refractivity contribution in [2.45, 2.75) is 125 Å². The maximum atomic E-state index is 2.76. The van der Waals surface area contributed by atoms with E-state index in [1.165, 1.54) is 32.1 Å². The van der Waals surface area contributed by atoms with Gasteiger partial charge in [-0.3, -0.25) is 0 Å². The molecule has 4 aliphatic carbocycles. The molecule has 0 aromatic heterocycles. The van der Waals surface area contributed by atoms with Gasteiger partial charge in [0.25, 0.3) is 0 Å². The highest BCUT2D eigenvalue weighted by atomic mass is 14.6. The normalized spacial score (nSPS) is 46.7. The van der Waals surface area contributed by atoms with Crippen molar-refractivity contribution in [3.05, 3.63) is 0 Å². The molecule has 0 bridgehead atoms. The Hall–Kier alpha value is 0. The van der Waals surface area contributed by atoms with E-state index in [9.17, 15) is 0 Å². The van der Waals surface area contributed by atoms with E-state index in [4.69, 9.17) is 0 Å². The third-order valence-corrected chi connectivity index (χ3v) is 11.8. The maximum absolute atomic E-state index is 2.76. The number of rotatable bonds is 6. The van der Waals surface area contributed by atoms with E-state index in [0.717, 1.165) is 47.3 Å². The molecule has 4 fully saturated rings. The second-order valence-corrected chi connectivity index (χ2v) is 13.1. The van der Waals surface area contributed by atoms with Crippen LogP contribution in [0.3, 0.4) is 0 Å². The summed E-state index contributed by atoms with van der Waals surface area (Å²) in [6, 6.07) is 0. The second-order valence-electron chi connectivity index (χ2n) is 13.1. The van der Waals surface area contributed by atoms with Gasteiger partial charge in [-0.1, -0.05) is 67.2 Å². The summed E-state index contributed by atoms with van der Waals surface area (Å²) in [6.07, 6.45) is 19.8. The Morgan fingerprint density at radius 3 is 2.24 bits per heavy atom. The number of hydrogen-bond acceptors (Lipinski definition) is 0. The molecular formula is C29H52. The fourth-order valence-corrected chi connectivity index (χ4v) is 9.96. The average molecular weight is 401 g/mol. The molecule has 0 spiro atoms. The van der Waals surface area contributed by atoms with Crippen LogP contribution >= 0.6 is 0 Å². The molecule has 0 heterocycles. The molecule has 4 aliphatic rings. The molecular weight excluding hydrogens is 348 g/mol. The van der Waals surface area contributed by atoms with Gasteiger partial charge in [0.05, 0.1) is 0 Å². The first kappa shape index (κ1) is 22.2. The van der Waals surface area contributed by atoms with Crippen LogP contribution < -0.4 is 0 Å². The Morgan fingerprint density at radius 1 is 0.759 bits per heavy atom. The highest BCUT2D eigenvalue weighted by Gasteiger charge is 2.60. The molecule has 6 unspecified atom stereocenters. The van der Waals surface area contributed by atoms with E-state index in [2.05, 4.69) is 41.5 Å². The van der Waals surface area contributed by atoms with Crippen LogP contribution in [0.2, 0.25) is 0 Å². The highest BCUT2D eigenvalue weighted by molar-refractivity contribution is 5.09. The maximum Gasteiger partial charge on any atom is -0.0264 e. The third-order valence-electron chi connectivity index (χ3n) is 11.8. The fourth-order valence-electron chi connectivity index (χ4n) is 9.96. The minimum absolute atomic E-state index is 0.665. The zero-order valence-electron chi connectivity index (χ0n) is 20.8. The van der Waals surface area contributed by atoms with Crippen LogP contribution in [0.1, 0.15) is 125 Å². The molecule has 0 saturated heterocycles. The zero-order valence-corrected chi connectivity index (χ0v) is 20.8. The molecule has 0 amide bonds. The Labute approximate surface area is 183 Å². The van der Waals surface area contributed by atoms with Crippen LogP contribution in [0.25, 0.3) is 0 Å². The lowest BCUT2D eigenvalue weighted by molar-refractivity contribution is -0.114. The van der Waals surface area contributed by atoms with Crippen LogP contribution in [-0.4, -0.2) is 0 Å². The SMILES string of the molecule is CCC(CC[C@H](C)C1CCC2C3CCC4CCCC[C@]4(C)C3CC[C@]21C)C(C)C. The Kier molecular flexibility index (Phi) is 6.51. The summed E-state index contributed by atoms with van der Waals surface area (Å²) in [5.74, 6) is 8.02. The summed E-state index contributed by atoms with van der Waals surface area (Å²) < 4.78 is 0. The molecule has 0 aromatic carbocycles. The monoisotopic (exact) mass is 400 g/mol. The predicted molar refractivity (Wildman–Crippen MR) is 127 cm³/mol. The molecule has 168 valence electrons. The molecule has 0 aromatic rings. The summed E-state index contributed by atoms with van der Waals surface area (Å²) in [5.41, 5.74) is 1.37. The molecule has 9 atom stereocenters. The molecule has 0 heteroatoms. The van der Waals surface area contributed by atoms with E-state index in [1.54, 1.807) is 51.4 Å². The van der Waals surface area contributed by atoms with Gasteiger partial charge < -0.3 is 0 Å². The first-order valence-corrected chi connectivity index (χ1v) is 13.8. The van der Waals surface area contributed by atoms with Gasteiger partial charge in [0.2, 0.25) is 0 Å². The molecule has 0 nitrogen and oxygen atoms in total. The van der Waals surface area contributed by atoms with Crippen molar-refractivity contribution in [3.63, 3.8) is 0 Å². The van der Waals surface area contributed by atoms with Gasteiger partial charge in [0.1, 0.15) is 0 Å². The second kappa shape index (κ2) is 8.50. The van der Waals surface area contributed by atoms with Gasteiger partial charge in [-0.15, -0.1) is 0 Å². The van der Waals surface area contributed by atoms with Crippen LogP contribution in [0.15, 0.2) is 0 Å². The first-order valence-electron chi connectivity index (χ1n) is 13.8. The Balaban J connectivity index is 1.45. The molecule has 4 rings (SSSR count). The lowest BCUT2D eigenvalue weighted by atomic mass is 9.44.